The number of carbonyl (C=O) groups is 2. The van der Waals surface area contributed by atoms with E-state index in [2.05, 4.69) is 13.8 Å². The van der Waals surface area contributed by atoms with Crippen LogP contribution in [0.1, 0.15) is 46.0 Å². The Morgan fingerprint density at radius 3 is 2.26 bits per heavy atom. The lowest BCUT2D eigenvalue weighted by atomic mass is 9.92. The number of aliphatic carboxylic acids is 1. The van der Waals surface area contributed by atoms with Gasteiger partial charge in [0.05, 0.1) is 11.8 Å². The predicted molar refractivity (Wildman–Crippen MR) is 72.6 cm³/mol. The molecule has 2 rings (SSSR count). The van der Waals surface area contributed by atoms with Crippen molar-refractivity contribution in [3.05, 3.63) is 0 Å². The van der Waals surface area contributed by atoms with Crippen LogP contribution in [-0.4, -0.2) is 35.0 Å². The summed E-state index contributed by atoms with van der Waals surface area (Å²) in [5.74, 6) is -0.354. The lowest BCUT2D eigenvalue weighted by Crippen LogP contribution is -2.43. The zero-order valence-electron chi connectivity index (χ0n) is 12.0. The van der Waals surface area contributed by atoms with Crippen LogP contribution in [0.3, 0.4) is 0 Å². The quantitative estimate of drug-likeness (QED) is 0.854. The molecular weight excluding hydrogens is 242 g/mol. The van der Waals surface area contributed by atoms with Gasteiger partial charge in [-0.05, 0) is 37.5 Å². The van der Waals surface area contributed by atoms with E-state index in [0.717, 1.165) is 38.8 Å². The van der Waals surface area contributed by atoms with Gasteiger partial charge in [0.2, 0.25) is 5.91 Å². The first-order valence-electron chi connectivity index (χ1n) is 7.54. The van der Waals surface area contributed by atoms with E-state index >= 15 is 0 Å². The number of piperidine rings is 1. The third-order valence-electron chi connectivity index (χ3n) is 4.97. The molecule has 108 valence electrons. The zero-order valence-corrected chi connectivity index (χ0v) is 12.0. The van der Waals surface area contributed by atoms with Gasteiger partial charge in [-0.15, -0.1) is 0 Å². The molecule has 1 aliphatic heterocycles. The molecule has 1 aliphatic carbocycles. The van der Waals surface area contributed by atoms with Gasteiger partial charge in [0, 0.05) is 13.1 Å². The number of nitrogens with zero attached hydrogens (tertiary/aromatic N) is 1. The zero-order chi connectivity index (χ0) is 14.0. The number of amides is 1. The van der Waals surface area contributed by atoms with E-state index in [1.54, 1.807) is 0 Å². The molecule has 3 atom stereocenters. The van der Waals surface area contributed by atoms with E-state index in [1.165, 1.54) is 0 Å². The summed E-state index contributed by atoms with van der Waals surface area (Å²) in [5, 5.41) is 9.32. The van der Waals surface area contributed by atoms with Gasteiger partial charge in [0.15, 0.2) is 0 Å². The molecule has 2 aliphatic rings. The van der Waals surface area contributed by atoms with Crippen molar-refractivity contribution in [3.63, 3.8) is 0 Å². The van der Waals surface area contributed by atoms with Crippen molar-refractivity contribution in [2.75, 3.05) is 13.1 Å². The third-order valence-corrected chi connectivity index (χ3v) is 4.97. The Kier molecular flexibility index (Phi) is 4.48. The van der Waals surface area contributed by atoms with Crippen LogP contribution >= 0.6 is 0 Å². The highest BCUT2D eigenvalue weighted by Crippen LogP contribution is 2.39. The second kappa shape index (κ2) is 5.93. The van der Waals surface area contributed by atoms with Gasteiger partial charge in [-0.1, -0.05) is 20.3 Å². The Morgan fingerprint density at radius 2 is 1.74 bits per heavy atom. The van der Waals surface area contributed by atoms with Crippen LogP contribution in [0.25, 0.3) is 0 Å². The van der Waals surface area contributed by atoms with Crippen LogP contribution in [0.4, 0.5) is 0 Å². The normalized spacial score (nSPS) is 32.5. The summed E-state index contributed by atoms with van der Waals surface area (Å²) in [4.78, 5) is 25.8. The van der Waals surface area contributed by atoms with Crippen LogP contribution in [-0.2, 0) is 9.59 Å². The number of likely N-dealkylation sites (tertiary alicyclic amines) is 1. The Bertz CT molecular complexity index is 347. The lowest BCUT2D eigenvalue weighted by molar-refractivity contribution is -0.149. The topological polar surface area (TPSA) is 57.6 Å². The number of hydrogen-bond acceptors (Lipinski definition) is 2. The van der Waals surface area contributed by atoms with E-state index < -0.39 is 11.9 Å². The van der Waals surface area contributed by atoms with E-state index in [1.807, 2.05) is 4.90 Å². The van der Waals surface area contributed by atoms with Crippen molar-refractivity contribution < 1.29 is 14.7 Å². The molecule has 0 aromatic carbocycles. The fourth-order valence-electron chi connectivity index (χ4n) is 3.49. The van der Waals surface area contributed by atoms with Crippen molar-refractivity contribution >= 4 is 11.9 Å². The first-order chi connectivity index (χ1) is 9.02. The van der Waals surface area contributed by atoms with Gasteiger partial charge in [0.1, 0.15) is 0 Å². The lowest BCUT2D eigenvalue weighted by Gasteiger charge is -2.33. The number of carboxylic acids is 1. The van der Waals surface area contributed by atoms with Crippen molar-refractivity contribution in [2.45, 2.75) is 46.0 Å². The number of carboxylic acid groups (broad SMARTS) is 1. The molecule has 1 N–H and O–H groups in total. The second-order valence-electron chi connectivity index (χ2n) is 6.30. The van der Waals surface area contributed by atoms with Crippen molar-refractivity contribution in [3.8, 4) is 0 Å². The molecule has 0 bridgehead atoms. The molecule has 0 radical (unpaired) electrons. The summed E-state index contributed by atoms with van der Waals surface area (Å²) in [7, 11) is 0. The average Bonchev–Trinajstić information content (AvgIpc) is 2.83. The van der Waals surface area contributed by atoms with Crippen LogP contribution in [0.5, 0.6) is 0 Å². The highest BCUT2D eigenvalue weighted by atomic mass is 16.4. The molecule has 1 saturated heterocycles. The molecular formula is C15H25NO3. The van der Waals surface area contributed by atoms with E-state index in [4.69, 9.17) is 0 Å². The molecule has 0 aromatic rings. The molecule has 1 heterocycles. The summed E-state index contributed by atoms with van der Waals surface area (Å²) in [6.45, 7) is 5.91. The van der Waals surface area contributed by atoms with Crippen molar-refractivity contribution in [1.29, 1.82) is 0 Å². The molecule has 0 aromatic heterocycles. The Morgan fingerprint density at radius 1 is 1.16 bits per heavy atom. The fraction of sp³-hybridized carbons (Fsp3) is 0.867. The Balaban J connectivity index is 2.02. The fourth-order valence-corrected chi connectivity index (χ4v) is 3.49. The van der Waals surface area contributed by atoms with Crippen LogP contribution < -0.4 is 0 Å². The molecule has 4 nitrogen and oxygen atoms in total. The molecule has 2 fully saturated rings. The van der Waals surface area contributed by atoms with Crippen LogP contribution in [0, 0.1) is 23.7 Å². The predicted octanol–water partition coefficient (Wildman–Crippen LogP) is 2.38. The van der Waals surface area contributed by atoms with Gasteiger partial charge in [-0.2, -0.15) is 0 Å². The molecule has 1 amide bonds. The average molecular weight is 267 g/mol. The van der Waals surface area contributed by atoms with E-state index in [9.17, 15) is 14.7 Å². The standard InChI is InChI=1S/C15H25NO3/c1-3-11-8-12(13(9-11)15(18)19)14(17)16-6-4-10(2)5-7-16/h10-13H,3-9H2,1-2H3,(H,18,19)/t11?,12-,13+/m0/s1. The number of hydrogen-bond donors (Lipinski definition) is 1. The summed E-state index contributed by atoms with van der Waals surface area (Å²) in [5.41, 5.74) is 0. The maximum atomic E-state index is 12.5. The summed E-state index contributed by atoms with van der Waals surface area (Å²) in [6, 6.07) is 0. The minimum atomic E-state index is -0.792. The third kappa shape index (κ3) is 3.10. The van der Waals surface area contributed by atoms with E-state index in [0.29, 0.717) is 18.3 Å². The largest absolute Gasteiger partial charge is 0.481 e. The van der Waals surface area contributed by atoms with Gasteiger partial charge < -0.3 is 10.0 Å². The van der Waals surface area contributed by atoms with Gasteiger partial charge >= 0.3 is 5.97 Å². The number of rotatable bonds is 3. The van der Waals surface area contributed by atoms with E-state index in [-0.39, 0.29) is 11.8 Å². The maximum Gasteiger partial charge on any atom is 0.307 e. The molecule has 1 unspecified atom stereocenters. The molecule has 0 spiro atoms. The van der Waals surface area contributed by atoms with Crippen molar-refractivity contribution in [1.82, 2.24) is 4.90 Å². The first kappa shape index (κ1) is 14.4. The Hall–Kier alpha value is -1.06. The van der Waals surface area contributed by atoms with Crippen LogP contribution in [0.2, 0.25) is 0 Å². The highest BCUT2D eigenvalue weighted by Gasteiger charge is 2.43. The minimum absolute atomic E-state index is 0.0928. The number of carbonyl (C=O) groups excluding carboxylic acids is 1. The molecule has 1 saturated carbocycles. The summed E-state index contributed by atoms with van der Waals surface area (Å²) < 4.78 is 0. The highest BCUT2D eigenvalue weighted by molar-refractivity contribution is 5.85. The van der Waals surface area contributed by atoms with Gasteiger partial charge in [-0.25, -0.2) is 0 Å². The maximum absolute atomic E-state index is 12.5. The van der Waals surface area contributed by atoms with Gasteiger partial charge in [0.25, 0.3) is 0 Å². The monoisotopic (exact) mass is 267 g/mol. The smallest absolute Gasteiger partial charge is 0.307 e. The minimum Gasteiger partial charge on any atom is -0.481 e. The SMILES string of the molecule is CCC1C[C@H](C(=O)N2CCC(C)CC2)[C@H](C(=O)O)C1. The van der Waals surface area contributed by atoms with Crippen LogP contribution in [0.15, 0.2) is 0 Å². The molecule has 19 heavy (non-hydrogen) atoms. The molecule has 4 heteroatoms. The Labute approximate surface area is 115 Å². The summed E-state index contributed by atoms with van der Waals surface area (Å²) in [6.07, 6.45) is 4.51. The first-order valence-corrected chi connectivity index (χ1v) is 7.54. The summed E-state index contributed by atoms with van der Waals surface area (Å²) >= 11 is 0. The van der Waals surface area contributed by atoms with Crippen molar-refractivity contribution in [2.24, 2.45) is 23.7 Å². The van der Waals surface area contributed by atoms with Gasteiger partial charge in [-0.3, -0.25) is 9.59 Å². The second-order valence-corrected chi connectivity index (χ2v) is 6.30.